The summed E-state index contributed by atoms with van der Waals surface area (Å²) in [7, 11) is 0. The fraction of sp³-hybridized carbons (Fsp3) is 0.556. The van der Waals surface area contributed by atoms with Crippen LogP contribution >= 0.6 is 11.6 Å². The van der Waals surface area contributed by atoms with Gasteiger partial charge in [-0.15, -0.1) is 0 Å². The molecule has 0 N–H and O–H groups in total. The maximum atomic E-state index is 6.30. The normalized spacial score (nSPS) is 32.5. The molecule has 0 radical (unpaired) electrons. The van der Waals surface area contributed by atoms with Gasteiger partial charge < -0.3 is 4.74 Å². The average molecular weight is 332 g/mol. The Kier molecular flexibility index (Phi) is 3.69. The maximum Gasteiger partial charge on any atom is 0.137 e. The first-order valence-electron chi connectivity index (χ1n) is 8.38. The minimum absolute atomic E-state index is 0.102. The zero-order chi connectivity index (χ0) is 15.9. The molecule has 5 heteroatoms. The molecule has 2 heterocycles. The number of ether oxygens (including phenoxy) is 1. The van der Waals surface area contributed by atoms with Gasteiger partial charge in [0.05, 0.1) is 18.8 Å². The lowest BCUT2D eigenvalue weighted by molar-refractivity contribution is -0.276. The van der Waals surface area contributed by atoms with E-state index in [4.69, 9.17) is 16.3 Å². The van der Waals surface area contributed by atoms with Crippen LogP contribution in [0.2, 0.25) is 5.02 Å². The number of fused-ring (bicyclic) bond motifs is 1. The van der Waals surface area contributed by atoms with E-state index < -0.39 is 0 Å². The van der Waals surface area contributed by atoms with Crippen LogP contribution in [0.15, 0.2) is 36.9 Å². The second kappa shape index (κ2) is 5.60. The molecule has 1 saturated carbocycles. The average Bonchev–Trinajstić information content (AvgIpc) is 3.12. The molecule has 2 aliphatic rings. The Morgan fingerprint density at radius 3 is 2.78 bits per heavy atom. The molecule has 1 saturated heterocycles. The van der Waals surface area contributed by atoms with Crippen LogP contribution in [-0.4, -0.2) is 27.0 Å². The molecule has 2 aromatic rings. The van der Waals surface area contributed by atoms with Crippen LogP contribution in [0.4, 0.5) is 0 Å². The van der Waals surface area contributed by atoms with Gasteiger partial charge in [-0.2, -0.15) is 5.10 Å². The molecule has 4 nitrogen and oxygen atoms in total. The summed E-state index contributed by atoms with van der Waals surface area (Å²) >= 11 is 6.01. The van der Waals surface area contributed by atoms with Crippen molar-refractivity contribution in [1.82, 2.24) is 14.8 Å². The maximum absolute atomic E-state index is 6.30. The number of benzene rings is 1. The first-order chi connectivity index (χ1) is 11.2. The predicted octanol–water partition coefficient (Wildman–Crippen LogP) is 3.75. The molecule has 3 unspecified atom stereocenters. The number of nitrogens with zero attached hydrogens (tertiary/aromatic N) is 3. The molecule has 3 atom stereocenters. The Labute approximate surface area is 141 Å². The second-order valence-corrected chi connectivity index (χ2v) is 7.41. The minimum atomic E-state index is -0.102. The molecule has 0 spiro atoms. The summed E-state index contributed by atoms with van der Waals surface area (Å²) in [5.74, 6) is 0.515. The van der Waals surface area contributed by atoms with Gasteiger partial charge in [-0.1, -0.05) is 30.7 Å². The van der Waals surface area contributed by atoms with Crippen molar-refractivity contribution in [1.29, 1.82) is 0 Å². The zero-order valence-corrected chi connectivity index (χ0v) is 14.2. The van der Waals surface area contributed by atoms with Crippen LogP contribution in [0.3, 0.4) is 0 Å². The molecular weight excluding hydrogens is 310 g/mol. The third kappa shape index (κ3) is 2.31. The van der Waals surface area contributed by atoms with E-state index in [9.17, 15) is 0 Å². The van der Waals surface area contributed by atoms with Gasteiger partial charge in [0.1, 0.15) is 12.7 Å². The van der Waals surface area contributed by atoms with Gasteiger partial charge in [0, 0.05) is 10.4 Å². The Bertz CT molecular complexity index is 668. The summed E-state index contributed by atoms with van der Waals surface area (Å²) < 4.78 is 8.24. The van der Waals surface area contributed by atoms with Crippen molar-refractivity contribution in [3.63, 3.8) is 0 Å². The minimum Gasteiger partial charge on any atom is -0.371 e. The van der Waals surface area contributed by atoms with Gasteiger partial charge in [0.15, 0.2) is 0 Å². The SMILES string of the molecule is CCC12CCC(Cc3ccc(Cl)cc3)C1(Cn1cncn1)OC2. The van der Waals surface area contributed by atoms with Gasteiger partial charge in [-0.3, -0.25) is 4.68 Å². The molecular formula is C18H22ClN3O. The van der Waals surface area contributed by atoms with Crippen LogP contribution in [-0.2, 0) is 17.7 Å². The van der Waals surface area contributed by atoms with Crippen LogP contribution in [0.1, 0.15) is 31.7 Å². The summed E-state index contributed by atoms with van der Waals surface area (Å²) in [6.45, 7) is 3.98. The molecule has 1 aliphatic carbocycles. The summed E-state index contributed by atoms with van der Waals surface area (Å²) in [5, 5.41) is 5.11. The molecule has 2 fully saturated rings. The van der Waals surface area contributed by atoms with Crippen LogP contribution < -0.4 is 0 Å². The quantitative estimate of drug-likeness (QED) is 0.837. The monoisotopic (exact) mass is 331 g/mol. The summed E-state index contributed by atoms with van der Waals surface area (Å²) in [4.78, 5) is 4.09. The highest BCUT2D eigenvalue weighted by Crippen LogP contribution is 2.62. The van der Waals surface area contributed by atoms with Crippen LogP contribution in [0.5, 0.6) is 0 Å². The lowest BCUT2D eigenvalue weighted by Gasteiger charge is -2.57. The second-order valence-electron chi connectivity index (χ2n) is 6.97. The number of rotatable bonds is 5. The summed E-state index contributed by atoms with van der Waals surface area (Å²) in [6.07, 6.45) is 8.06. The van der Waals surface area contributed by atoms with Crippen LogP contribution in [0, 0.1) is 11.3 Å². The lowest BCUT2D eigenvalue weighted by atomic mass is 9.64. The van der Waals surface area contributed by atoms with E-state index >= 15 is 0 Å². The van der Waals surface area contributed by atoms with Crippen molar-refractivity contribution in [2.75, 3.05) is 6.61 Å². The van der Waals surface area contributed by atoms with Gasteiger partial charge in [0.25, 0.3) is 0 Å². The van der Waals surface area contributed by atoms with Crippen molar-refractivity contribution in [3.8, 4) is 0 Å². The molecule has 122 valence electrons. The third-order valence-electron chi connectivity index (χ3n) is 6.07. The fourth-order valence-electron chi connectivity index (χ4n) is 4.63. The van der Waals surface area contributed by atoms with Crippen LogP contribution in [0.25, 0.3) is 0 Å². The smallest absolute Gasteiger partial charge is 0.137 e. The number of aromatic nitrogens is 3. The van der Waals surface area contributed by atoms with E-state index in [-0.39, 0.29) is 5.60 Å². The number of hydrogen-bond donors (Lipinski definition) is 0. The van der Waals surface area contributed by atoms with E-state index in [0.29, 0.717) is 11.3 Å². The van der Waals surface area contributed by atoms with Gasteiger partial charge in [-0.05, 0) is 49.3 Å². The topological polar surface area (TPSA) is 39.9 Å². The van der Waals surface area contributed by atoms with E-state index in [1.807, 2.05) is 16.8 Å². The fourth-order valence-corrected chi connectivity index (χ4v) is 4.75. The molecule has 0 amide bonds. The highest BCUT2D eigenvalue weighted by Gasteiger charge is 2.66. The summed E-state index contributed by atoms with van der Waals surface area (Å²) in [5.41, 5.74) is 1.53. The van der Waals surface area contributed by atoms with Crippen molar-refractivity contribution < 1.29 is 4.74 Å². The highest BCUT2D eigenvalue weighted by molar-refractivity contribution is 6.30. The van der Waals surface area contributed by atoms with Gasteiger partial charge >= 0.3 is 0 Å². The molecule has 1 aromatic heterocycles. The van der Waals surface area contributed by atoms with Crippen molar-refractivity contribution in [2.24, 2.45) is 11.3 Å². The molecule has 1 aromatic carbocycles. The Morgan fingerprint density at radius 1 is 1.35 bits per heavy atom. The molecule has 4 rings (SSSR count). The van der Waals surface area contributed by atoms with E-state index in [2.05, 4.69) is 29.1 Å². The summed E-state index contributed by atoms with van der Waals surface area (Å²) in [6, 6.07) is 8.22. The van der Waals surface area contributed by atoms with Crippen molar-refractivity contribution in [3.05, 3.63) is 47.5 Å². The highest BCUT2D eigenvalue weighted by atomic mass is 35.5. The first kappa shape index (κ1) is 15.2. The van der Waals surface area contributed by atoms with E-state index in [1.165, 1.54) is 24.8 Å². The number of hydrogen-bond acceptors (Lipinski definition) is 3. The predicted molar refractivity (Wildman–Crippen MR) is 89.3 cm³/mol. The number of halogens is 1. The Morgan fingerprint density at radius 2 is 2.17 bits per heavy atom. The largest absolute Gasteiger partial charge is 0.371 e. The van der Waals surface area contributed by atoms with Gasteiger partial charge in [-0.25, -0.2) is 4.98 Å². The third-order valence-corrected chi connectivity index (χ3v) is 6.32. The van der Waals surface area contributed by atoms with Gasteiger partial charge in [0.2, 0.25) is 0 Å². The molecule has 1 aliphatic heterocycles. The standard InChI is InChI=1S/C18H22ClN3O/c1-2-17-8-7-15(9-14-3-5-16(19)6-4-14)18(17,23-11-17)10-22-13-20-12-21-22/h3-6,12-13,15H,2,7-11H2,1H3. The van der Waals surface area contributed by atoms with Crippen molar-refractivity contribution >= 4 is 11.6 Å². The molecule has 0 bridgehead atoms. The van der Waals surface area contributed by atoms with Crippen molar-refractivity contribution in [2.45, 2.75) is 44.8 Å². The zero-order valence-electron chi connectivity index (χ0n) is 13.4. The first-order valence-corrected chi connectivity index (χ1v) is 8.76. The lowest BCUT2D eigenvalue weighted by Crippen LogP contribution is -2.65. The van der Waals surface area contributed by atoms with E-state index in [0.717, 1.165) is 24.6 Å². The van der Waals surface area contributed by atoms with E-state index in [1.54, 1.807) is 12.7 Å². The Hall–Kier alpha value is -1.39. The Balaban J connectivity index is 1.62. The molecule has 23 heavy (non-hydrogen) atoms.